The van der Waals surface area contributed by atoms with Crippen molar-refractivity contribution in [1.29, 1.82) is 0 Å². The molecule has 1 saturated heterocycles. The van der Waals surface area contributed by atoms with Crippen LogP contribution in [0.4, 0.5) is 13.6 Å². The molecule has 1 fully saturated rings. The summed E-state index contributed by atoms with van der Waals surface area (Å²) >= 11 is 0. The second-order valence-electron chi connectivity index (χ2n) is 7.05. The highest BCUT2D eigenvalue weighted by atomic mass is 19.1. The van der Waals surface area contributed by atoms with Gasteiger partial charge >= 0.3 is 12.1 Å². The van der Waals surface area contributed by atoms with Gasteiger partial charge < -0.3 is 9.47 Å². The molecule has 0 unspecified atom stereocenters. The first-order chi connectivity index (χ1) is 12.5. The molecule has 0 saturated carbocycles. The van der Waals surface area contributed by atoms with E-state index in [9.17, 15) is 23.2 Å². The number of esters is 1. The van der Waals surface area contributed by atoms with Crippen molar-refractivity contribution < 1.29 is 32.6 Å². The van der Waals surface area contributed by atoms with Gasteiger partial charge in [-0.25, -0.2) is 28.4 Å². The van der Waals surface area contributed by atoms with E-state index in [0.717, 1.165) is 19.2 Å². The number of amides is 2. The normalized spacial score (nSPS) is 14.5. The first kappa shape index (κ1) is 20.6. The first-order valence-corrected chi connectivity index (χ1v) is 8.40. The Bertz CT molecular complexity index is 738. The zero-order chi connectivity index (χ0) is 20.4. The number of ether oxygens (including phenoxy) is 2. The number of halogens is 2. The van der Waals surface area contributed by atoms with Crippen molar-refractivity contribution >= 4 is 18.0 Å². The van der Waals surface area contributed by atoms with Gasteiger partial charge in [-0.15, -0.1) is 0 Å². The molecule has 1 aliphatic rings. The van der Waals surface area contributed by atoms with Crippen LogP contribution in [0, 0.1) is 11.6 Å². The van der Waals surface area contributed by atoms with Gasteiger partial charge in [-0.1, -0.05) is 0 Å². The maximum Gasteiger partial charge on any atom is 0.429 e. The van der Waals surface area contributed by atoms with E-state index < -0.39 is 34.9 Å². The van der Waals surface area contributed by atoms with Gasteiger partial charge in [0.05, 0.1) is 13.7 Å². The third-order valence-corrected chi connectivity index (χ3v) is 3.82. The van der Waals surface area contributed by atoms with Crippen LogP contribution in [0.1, 0.15) is 43.1 Å². The molecule has 0 atom stereocenters. The van der Waals surface area contributed by atoms with E-state index >= 15 is 0 Å². The van der Waals surface area contributed by atoms with Crippen molar-refractivity contribution in [2.75, 3.05) is 20.2 Å². The predicted molar refractivity (Wildman–Crippen MR) is 90.7 cm³/mol. The van der Waals surface area contributed by atoms with Gasteiger partial charge in [-0.05, 0) is 44.9 Å². The first-order valence-electron chi connectivity index (χ1n) is 8.40. The molecular weight excluding hydrogens is 362 g/mol. The van der Waals surface area contributed by atoms with Gasteiger partial charge in [0.2, 0.25) is 5.91 Å². The largest absolute Gasteiger partial charge is 0.465 e. The maximum atomic E-state index is 14.0. The predicted octanol–water partition coefficient (Wildman–Crippen LogP) is 2.68. The molecule has 148 valence electrons. The molecule has 0 aliphatic carbocycles. The lowest BCUT2D eigenvalue weighted by atomic mass is 10.1. The molecule has 1 heterocycles. The number of methoxy groups -OCH3 is 1. The third-order valence-electron chi connectivity index (χ3n) is 3.82. The lowest BCUT2D eigenvalue weighted by molar-refractivity contribution is -0.137. The van der Waals surface area contributed by atoms with Crippen LogP contribution in [0.25, 0.3) is 0 Å². The van der Waals surface area contributed by atoms with Crippen LogP contribution in [-0.4, -0.2) is 53.8 Å². The summed E-state index contributed by atoms with van der Waals surface area (Å²) < 4.78 is 37.6. The van der Waals surface area contributed by atoms with Crippen molar-refractivity contribution in [2.45, 2.75) is 39.2 Å². The van der Waals surface area contributed by atoms with Gasteiger partial charge in [0.25, 0.3) is 0 Å². The second kappa shape index (κ2) is 7.89. The summed E-state index contributed by atoms with van der Waals surface area (Å²) in [6.45, 7) is 5.34. The summed E-state index contributed by atoms with van der Waals surface area (Å²) in [5, 5.41) is 2.39. The number of benzene rings is 1. The fourth-order valence-corrected chi connectivity index (χ4v) is 2.64. The highest BCUT2D eigenvalue weighted by molar-refractivity contribution is 5.90. The molecule has 0 spiro atoms. The molecule has 0 N–H and O–H groups in total. The molecule has 2 rings (SSSR count). The van der Waals surface area contributed by atoms with Crippen LogP contribution < -0.4 is 0 Å². The van der Waals surface area contributed by atoms with E-state index in [2.05, 4.69) is 4.74 Å². The average molecular weight is 384 g/mol. The minimum atomic E-state index is -1.11. The summed E-state index contributed by atoms with van der Waals surface area (Å²) in [5.41, 5.74) is -1.25. The number of carbonyl (C=O) groups excluding carboxylic acids is 3. The van der Waals surface area contributed by atoms with Crippen LogP contribution in [0.15, 0.2) is 12.1 Å². The zero-order valence-electron chi connectivity index (χ0n) is 15.7. The van der Waals surface area contributed by atoms with E-state index in [1.165, 1.54) is 10.0 Å². The number of rotatable bonds is 4. The van der Waals surface area contributed by atoms with Crippen molar-refractivity contribution in [3.63, 3.8) is 0 Å². The molecule has 9 heteroatoms. The standard InChI is InChI=1S/C18H22F2N2O5/c1-18(2,3)27-17(25)22-8-6-14(23)21(22)7-5-11-9-12(19)15(13(20)10-11)16(24)26-4/h9-10H,5-8H2,1-4H3. The average Bonchev–Trinajstić information content (AvgIpc) is 2.91. The lowest BCUT2D eigenvalue weighted by Gasteiger charge is -2.30. The number of nitrogens with zero attached hydrogens (tertiary/aromatic N) is 2. The van der Waals surface area contributed by atoms with E-state index in [1.54, 1.807) is 20.8 Å². The summed E-state index contributed by atoms with van der Waals surface area (Å²) in [4.78, 5) is 35.7. The SMILES string of the molecule is COC(=O)c1c(F)cc(CCN2C(=O)CCN2C(=O)OC(C)(C)C)cc1F. The monoisotopic (exact) mass is 384 g/mol. The third kappa shape index (κ3) is 4.93. The van der Waals surface area contributed by atoms with Crippen LogP contribution in [0.2, 0.25) is 0 Å². The van der Waals surface area contributed by atoms with Crippen molar-refractivity contribution in [3.05, 3.63) is 34.9 Å². The van der Waals surface area contributed by atoms with Crippen LogP contribution in [0.5, 0.6) is 0 Å². The zero-order valence-corrected chi connectivity index (χ0v) is 15.7. The molecule has 2 amide bonds. The molecular formula is C18H22F2N2O5. The van der Waals surface area contributed by atoms with Gasteiger partial charge in [0.15, 0.2) is 0 Å². The Labute approximate surface area is 155 Å². The van der Waals surface area contributed by atoms with Gasteiger partial charge in [0.1, 0.15) is 22.8 Å². The number of hydrogen-bond donors (Lipinski definition) is 0. The molecule has 0 radical (unpaired) electrons. The minimum Gasteiger partial charge on any atom is -0.465 e. The molecule has 7 nitrogen and oxygen atoms in total. The molecule has 0 aromatic heterocycles. The summed E-state index contributed by atoms with van der Waals surface area (Å²) in [6, 6.07) is 2.02. The Morgan fingerprint density at radius 2 is 1.78 bits per heavy atom. The van der Waals surface area contributed by atoms with Crippen molar-refractivity contribution in [3.8, 4) is 0 Å². The Morgan fingerprint density at radius 3 is 2.30 bits per heavy atom. The molecule has 27 heavy (non-hydrogen) atoms. The quantitative estimate of drug-likeness (QED) is 0.746. The molecule has 1 aromatic carbocycles. The summed E-state index contributed by atoms with van der Waals surface area (Å²) in [5.74, 6) is -3.49. The Hall–Kier alpha value is -2.71. The molecule has 1 aromatic rings. The Kier molecular flexibility index (Phi) is 6.02. The van der Waals surface area contributed by atoms with Crippen LogP contribution in [-0.2, 0) is 20.7 Å². The number of hydrazine groups is 1. The van der Waals surface area contributed by atoms with Gasteiger partial charge in [-0.2, -0.15) is 0 Å². The van der Waals surface area contributed by atoms with Crippen LogP contribution >= 0.6 is 0 Å². The maximum absolute atomic E-state index is 14.0. The van der Waals surface area contributed by atoms with Crippen molar-refractivity contribution in [1.82, 2.24) is 10.0 Å². The highest BCUT2D eigenvalue weighted by Crippen LogP contribution is 2.20. The topological polar surface area (TPSA) is 76.2 Å². The van der Waals surface area contributed by atoms with E-state index in [-0.39, 0.29) is 37.4 Å². The summed E-state index contributed by atoms with van der Waals surface area (Å²) in [6.07, 6.45) is -0.435. The Balaban J connectivity index is 2.11. The Morgan fingerprint density at radius 1 is 1.19 bits per heavy atom. The van der Waals surface area contributed by atoms with Crippen molar-refractivity contribution in [2.24, 2.45) is 0 Å². The lowest BCUT2D eigenvalue weighted by Crippen LogP contribution is -2.46. The fourth-order valence-electron chi connectivity index (χ4n) is 2.64. The van der Waals surface area contributed by atoms with Gasteiger partial charge in [0, 0.05) is 13.0 Å². The minimum absolute atomic E-state index is 0.0362. The smallest absolute Gasteiger partial charge is 0.429 e. The number of hydrogen-bond acceptors (Lipinski definition) is 5. The number of carbonyl (C=O) groups is 3. The van der Waals surface area contributed by atoms with E-state index in [1.807, 2.05) is 0 Å². The van der Waals surface area contributed by atoms with E-state index in [4.69, 9.17) is 4.74 Å². The molecule has 0 bridgehead atoms. The highest BCUT2D eigenvalue weighted by Gasteiger charge is 2.35. The second-order valence-corrected chi connectivity index (χ2v) is 7.05. The van der Waals surface area contributed by atoms with Crippen LogP contribution in [0.3, 0.4) is 0 Å². The van der Waals surface area contributed by atoms with E-state index in [0.29, 0.717) is 0 Å². The molecule has 1 aliphatic heterocycles. The van der Waals surface area contributed by atoms with Gasteiger partial charge in [-0.3, -0.25) is 4.79 Å². The fraction of sp³-hybridized carbons (Fsp3) is 0.500. The summed E-state index contributed by atoms with van der Waals surface area (Å²) in [7, 11) is 1.03.